The second kappa shape index (κ2) is 6.88. The van der Waals surface area contributed by atoms with E-state index in [1.165, 1.54) is 6.07 Å². The third-order valence-corrected chi connectivity index (χ3v) is 3.78. The Morgan fingerprint density at radius 3 is 2.52 bits per heavy atom. The summed E-state index contributed by atoms with van der Waals surface area (Å²) in [7, 11) is 0. The van der Waals surface area contributed by atoms with Crippen molar-refractivity contribution in [3.8, 4) is 5.88 Å². The zero-order valence-electron chi connectivity index (χ0n) is 13.2. The van der Waals surface area contributed by atoms with Crippen molar-refractivity contribution in [2.45, 2.75) is 25.6 Å². The van der Waals surface area contributed by atoms with E-state index in [0.29, 0.717) is 25.5 Å². The Bertz CT molecular complexity index is 508. The number of aromatic nitrogens is 2. The lowest BCUT2D eigenvalue weighted by molar-refractivity contribution is -0.154. The summed E-state index contributed by atoms with van der Waals surface area (Å²) < 4.78 is 40.8. The maximum atomic E-state index is 12.1. The van der Waals surface area contributed by atoms with E-state index in [-0.39, 0.29) is 18.0 Å². The Kier molecular flexibility index (Phi) is 5.30. The average molecular weight is 334 g/mol. The van der Waals surface area contributed by atoms with Crippen molar-refractivity contribution < 1.29 is 23.0 Å². The lowest BCUT2D eigenvalue weighted by Crippen LogP contribution is -2.60. The summed E-state index contributed by atoms with van der Waals surface area (Å²) in [6, 6.07) is 3.00. The summed E-state index contributed by atoms with van der Waals surface area (Å²) in [6.45, 7) is 5.64. The number of aliphatic hydroxyl groups is 1. The highest BCUT2D eigenvalue weighted by molar-refractivity contribution is 5.39. The van der Waals surface area contributed by atoms with Crippen molar-refractivity contribution >= 4 is 5.82 Å². The molecule has 1 aromatic heterocycles. The number of β-amino-alcohol motifs (C(OH)–C–C–N with tert-alkyl or cyclic N) is 1. The van der Waals surface area contributed by atoms with Crippen LogP contribution >= 0.6 is 0 Å². The minimum atomic E-state index is -4.40. The first-order valence-electron chi connectivity index (χ1n) is 7.35. The molecule has 1 fully saturated rings. The van der Waals surface area contributed by atoms with E-state index in [0.717, 1.165) is 6.54 Å². The van der Waals surface area contributed by atoms with E-state index in [9.17, 15) is 13.2 Å². The van der Waals surface area contributed by atoms with Gasteiger partial charge in [0.05, 0.1) is 6.61 Å². The van der Waals surface area contributed by atoms with Crippen LogP contribution in [0.25, 0.3) is 0 Å². The molecule has 130 valence electrons. The minimum Gasteiger partial charge on any atom is -0.467 e. The van der Waals surface area contributed by atoms with Crippen LogP contribution in [0.3, 0.4) is 0 Å². The second-order valence-electron chi connectivity index (χ2n) is 6.08. The Labute approximate surface area is 132 Å². The Morgan fingerprint density at radius 2 is 2.00 bits per heavy atom. The Balaban J connectivity index is 1.98. The van der Waals surface area contributed by atoms with Crippen LogP contribution in [0.5, 0.6) is 5.88 Å². The number of anilines is 1. The van der Waals surface area contributed by atoms with Gasteiger partial charge in [0.15, 0.2) is 12.4 Å². The van der Waals surface area contributed by atoms with Gasteiger partial charge in [0.2, 0.25) is 5.88 Å². The van der Waals surface area contributed by atoms with Gasteiger partial charge < -0.3 is 14.7 Å². The molecule has 0 saturated carbocycles. The van der Waals surface area contributed by atoms with Gasteiger partial charge in [-0.2, -0.15) is 13.2 Å². The fraction of sp³-hybridized carbons (Fsp3) is 0.714. The van der Waals surface area contributed by atoms with Crippen LogP contribution in [0, 0.1) is 0 Å². The molecule has 0 aromatic carbocycles. The third-order valence-electron chi connectivity index (χ3n) is 3.78. The van der Waals surface area contributed by atoms with E-state index in [1.54, 1.807) is 6.07 Å². The van der Waals surface area contributed by atoms with Gasteiger partial charge in [0, 0.05) is 37.8 Å². The molecular formula is C14H21F3N4O2. The van der Waals surface area contributed by atoms with Gasteiger partial charge in [-0.25, -0.2) is 0 Å². The van der Waals surface area contributed by atoms with Crippen LogP contribution in [0.15, 0.2) is 12.1 Å². The number of hydrogen-bond acceptors (Lipinski definition) is 6. The van der Waals surface area contributed by atoms with Gasteiger partial charge in [0.1, 0.15) is 0 Å². The summed E-state index contributed by atoms with van der Waals surface area (Å²) in [5.41, 5.74) is -0.145. The van der Waals surface area contributed by atoms with E-state index >= 15 is 0 Å². The fourth-order valence-corrected chi connectivity index (χ4v) is 2.64. The van der Waals surface area contributed by atoms with Gasteiger partial charge in [-0.1, -0.05) is 0 Å². The standard InChI is InChI=1S/C14H21F3N4O2/c1-13(2)9-20(5-6-21(13)7-8-22)11-3-4-12(19-18-11)23-10-14(15,16)17/h3-4,22H,5-10H2,1-2H3. The lowest BCUT2D eigenvalue weighted by atomic mass is 9.99. The van der Waals surface area contributed by atoms with Crippen molar-refractivity contribution in [3.05, 3.63) is 12.1 Å². The molecule has 1 aliphatic rings. The smallest absolute Gasteiger partial charge is 0.422 e. The normalized spacial score (nSPS) is 19.0. The number of halogens is 3. The number of rotatable bonds is 5. The highest BCUT2D eigenvalue weighted by Gasteiger charge is 2.34. The Morgan fingerprint density at radius 1 is 1.26 bits per heavy atom. The average Bonchev–Trinajstić information content (AvgIpc) is 2.47. The maximum absolute atomic E-state index is 12.1. The van der Waals surface area contributed by atoms with Crippen LogP contribution < -0.4 is 9.64 Å². The predicted molar refractivity (Wildman–Crippen MR) is 78.5 cm³/mol. The van der Waals surface area contributed by atoms with E-state index in [4.69, 9.17) is 5.11 Å². The highest BCUT2D eigenvalue weighted by atomic mass is 19.4. The molecular weight excluding hydrogens is 313 g/mol. The van der Waals surface area contributed by atoms with Crippen LogP contribution in [0.2, 0.25) is 0 Å². The van der Waals surface area contributed by atoms with E-state index in [1.807, 2.05) is 4.90 Å². The summed E-state index contributed by atoms with van der Waals surface area (Å²) in [5.74, 6) is 0.449. The molecule has 0 radical (unpaired) electrons. The van der Waals surface area contributed by atoms with E-state index < -0.39 is 12.8 Å². The summed E-state index contributed by atoms with van der Waals surface area (Å²) in [4.78, 5) is 4.21. The quantitative estimate of drug-likeness (QED) is 0.876. The first kappa shape index (κ1) is 17.7. The molecule has 1 N–H and O–H groups in total. The summed E-state index contributed by atoms with van der Waals surface area (Å²) >= 11 is 0. The zero-order chi connectivity index (χ0) is 17.1. The molecule has 0 atom stereocenters. The molecule has 9 heteroatoms. The van der Waals surface area contributed by atoms with Crippen LogP contribution in [0.1, 0.15) is 13.8 Å². The summed E-state index contributed by atoms with van der Waals surface area (Å²) in [6.07, 6.45) is -4.40. The van der Waals surface area contributed by atoms with Crippen LogP contribution in [0.4, 0.5) is 19.0 Å². The van der Waals surface area contributed by atoms with Gasteiger partial charge in [0.25, 0.3) is 0 Å². The first-order valence-corrected chi connectivity index (χ1v) is 7.35. The predicted octanol–water partition coefficient (Wildman–Crippen LogP) is 1.31. The molecule has 2 heterocycles. The van der Waals surface area contributed by atoms with Crippen LogP contribution in [-0.4, -0.2) is 71.3 Å². The lowest BCUT2D eigenvalue weighted by Gasteiger charge is -2.47. The second-order valence-corrected chi connectivity index (χ2v) is 6.08. The number of alkyl halides is 3. The van der Waals surface area contributed by atoms with Crippen molar-refractivity contribution in [1.29, 1.82) is 0 Å². The molecule has 0 amide bonds. The van der Waals surface area contributed by atoms with Gasteiger partial charge in [-0.3, -0.25) is 4.90 Å². The first-order chi connectivity index (χ1) is 10.7. The molecule has 0 spiro atoms. The number of nitrogens with zero attached hydrogens (tertiary/aromatic N) is 4. The molecule has 1 aliphatic heterocycles. The molecule has 0 unspecified atom stereocenters. The molecule has 2 rings (SSSR count). The number of aliphatic hydroxyl groups excluding tert-OH is 1. The molecule has 1 saturated heterocycles. The number of ether oxygens (including phenoxy) is 1. The largest absolute Gasteiger partial charge is 0.467 e. The van der Waals surface area contributed by atoms with E-state index in [2.05, 4.69) is 33.7 Å². The number of piperazine rings is 1. The van der Waals surface area contributed by atoms with Crippen molar-refractivity contribution in [3.63, 3.8) is 0 Å². The third kappa shape index (κ3) is 4.93. The molecule has 0 aliphatic carbocycles. The minimum absolute atomic E-state index is 0.106. The zero-order valence-corrected chi connectivity index (χ0v) is 13.2. The number of hydrogen-bond donors (Lipinski definition) is 1. The van der Waals surface area contributed by atoms with Crippen molar-refractivity contribution in [2.75, 3.05) is 44.3 Å². The van der Waals surface area contributed by atoms with Gasteiger partial charge in [-0.05, 0) is 19.9 Å². The molecule has 23 heavy (non-hydrogen) atoms. The Hall–Kier alpha value is -1.61. The molecule has 6 nitrogen and oxygen atoms in total. The highest BCUT2D eigenvalue weighted by Crippen LogP contribution is 2.24. The topological polar surface area (TPSA) is 61.7 Å². The SMILES string of the molecule is CC1(C)CN(c2ccc(OCC(F)(F)F)nn2)CCN1CCO. The molecule has 1 aromatic rings. The van der Waals surface area contributed by atoms with Crippen molar-refractivity contribution in [2.24, 2.45) is 0 Å². The summed E-state index contributed by atoms with van der Waals surface area (Å²) in [5, 5.41) is 16.7. The fourth-order valence-electron chi connectivity index (χ4n) is 2.64. The monoisotopic (exact) mass is 334 g/mol. The molecule has 0 bridgehead atoms. The van der Waals surface area contributed by atoms with Crippen molar-refractivity contribution in [1.82, 2.24) is 15.1 Å². The maximum Gasteiger partial charge on any atom is 0.422 e. The van der Waals surface area contributed by atoms with Crippen LogP contribution in [-0.2, 0) is 0 Å². The van der Waals surface area contributed by atoms with Gasteiger partial charge in [-0.15, -0.1) is 10.2 Å². The van der Waals surface area contributed by atoms with Gasteiger partial charge >= 0.3 is 6.18 Å².